The van der Waals surface area contributed by atoms with Crippen molar-refractivity contribution in [2.75, 3.05) is 18.0 Å². The molecule has 0 saturated carbocycles. The van der Waals surface area contributed by atoms with E-state index in [2.05, 4.69) is 37.7 Å². The third kappa shape index (κ3) is 3.81. The van der Waals surface area contributed by atoms with E-state index in [0.29, 0.717) is 16.6 Å². The second-order valence-corrected chi connectivity index (χ2v) is 6.72. The Labute approximate surface area is 123 Å². The predicted octanol–water partition coefficient (Wildman–Crippen LogP) is 3.18. The summed E-state index contributed by atoms with van der Waals surface area (Å²) in [5.41, 5.74) is 0.953. The Bertz CT molecular complexity index is 439. The number of alkyl halides is 1. The zero-order valence-corrected chi connectivity index (χ0v) is 13.6. The molecule has 5 heteroatoms. The van der Waals surface area contributed by atoms with Crippen molar-refractivity contribution in [3.63, 3.8) is 0 Å². The minimum Gasteiger partial charge on any atom is -0.475 e. The van der Waals surface area contributed by atoms with Gasteiger partial charge in [-0.1, -0.05) is 22.9 Å². The summed E-state index contributed by atoms with van der Waals surface area (Å²) in [6.07, 6.45) is 1.26. The summed E-state index contributed by atoms with van der Waals surface area (Å²) < 4.78 is 5.69. The van der Waals surface area contributed by atoms with Crippen LogP contribution in [0.3, 0.4) is 0 Å². The molecule has 0 amide bonds. The molecule has 2 atom stereocenters. The summed E-state index contributed by atoms with van der Waals surface area (Å²) in [5, 5.41) is 0. The number of piperidine rings is 1. The highest BCUT2D eigenvalue weighted by Crippen LogP contribution is 2.26. The van der Waals surface area contributed by atoms with Crippen LogP contribution in [0.5, 0.6) is 5.88 Å². The molecule has 4 nitrogen and oxygen atoms in total. The lowest BCUT2D eigenvalue weighted by Gasteiger charge is -2.34. The smallest absolute Gasteiger partial charge is 0.228 e. The Balaban J connectivity index is 2.17. The van der Waals surface area contributed by atoms with E-state index in [1.54, 1.807) is 0 Å². The van der Waals surface area contributed by atoms with Gasteiger partial charge in [0.1, 0.15) is 0 Å². The Morgan fingerprint density at radius 2 is 2.16 bits per heavy atom. The van der Waals surface area contributed by atoms with Gasteiger partial charge in [-0.2, -0.15) is 4.98 Å². The molecule has 0 radical (unpaired) electrons. The summed E-state index contributed by atoms with van der Waals surface area (Å²) in [7, 11) is 0. The van der Waals surface area contributed by atoms with Crippen molar-refractivity contribution in [1.82, 2.24) is 9.97 Å². The molecule has 1 aliphatic rings. The van der Waals surface area contributed by atoms with E-state index >= 15 is 0 Å². The molecule has 0 N–H and O–H groups in total. The number of halogens is 1. The Hall–Kier alpha value is -0.840. The van der Waals surface area contributed by atoms with Gasteiger partial charge in [0.25, 0.3) is 0 Å². The zero-order valence-electron chi connectivity index (χ0n) is 12.1. The van der Waals surface area contributed by atoms with Gasteiger partial charge in [0, 0.05) is 29.7 Å². The fraction of sp³-hybridized carbons (Fsp3) is 0.714. The number of ether oxygens (including phenoxy) is 1. The molecule has 1 aliphatic heterocycles. The number of aromatic nitrogens is 2. The van der Waals surface area contributed by atoms with Crippen LogP contribution in [0.1, 0.15) is 32.9 Å². The van der Waals surface area contributed by atoms with E-state index < -0.39 is 0 Å². The summed E-state index contributed by atoms with van der Waals surface area (Å²) >= 11 is 3.72. The number of hydrogen-bond acceptors (Lipinski definition) is 4. The van der Waals surface area contributed by atoms with Gasteiger partial charge >= 0.3 is 0 Å². The molecule has 106 valence electrons. The zero-order chi connectivity index (χ0) is 14.0. The molecule has 1 aromatic rings. The minimum atomic E-state index is 0.134. The number of anilines is 1. The third-order valence-corrected chi connectivity index (χ3v) is 4.62. The van der Waals surface area contributed by atoms with E-state index in [0.717, 1.165) is 31.2 Å². The monoisotopic (exact) mass is 327 g/mol. The lowest BCUT2D eigenvalue weighted by molar-refractivity contribution is 0.232. The highest BCUT2D eigenvalue weighted by Gasteiger charge is 2.25. The molecule has 19 heavy (non-hydrogen) atoms. The van der Waals surface area contributed by atoms with Crippen LogP contribution >= 0.6 is 15.9 Å². The Kier molecular flexibility index (Phi) is 4.66. The Morgan fingerprint density at radius 1 is 1.42 bits per heavy atom. The highest BCUT2D eigenvalue weighted by molar-refractivity contribution is 9.09. The summed E-state index contributed by atoms with van der Waals surface area (Å²) in [5.74, 6) is 2.07. The van der Waals surface area contributed by atoms with Crippen molar-refractivity contribution >= 4 is 21.9 Å². The first kappa shape index (κ1) is 14.6. The highest BCUT2D eigenvalue weighted by atomic mass is 79.9. The maximum absolute atomic E-state index is 5.69. The van der Waals surface area contributed by atoms with Gasteiger partial charge in [-0.15, -0.1) is 0 Å². The van der Waals surface area contributed by atoms with Crippen LogP contribution in [-0.2, 0) is 0 Å². The second kappa shape index (κ2) is 6.07. The van der Waals surface area contributed by atoms with Crippen molar-refractivity contribution < 1.29 is 4.74 Å². The first-order valence-electron chi connectivity index (χ1n) is 6.87. The lowest BCUT2D eigenvalue weighted by Crippen LogP contribution is -2.40. The molecule has 0 bridgehead atoms. The van der Waals surface area contributed by atoms with Gasteiger partial charge in [-0.3, -0.25) is 0 Å². The van der Waals surface area contributed by atoms with Crippen LogP contribution in [0.4, 0.5) is 5.95 Å². The van der Waals surface area contributed by atoms with Crippen LogP contribution in [-0.4, -0.2) is 34.0 Å². The average Bonchev–Trinajstić information content (AvgIpc) is 2.31. The van der Waals surface area contributed by atoms with Crippen molar-refractivity contribution in [2.45, 2.75) is 45.0 Å². The Morgan fingerprint density at radius 3 is 2.79 bits per heavy atom. The molecular weight excluding hydrogens is 306 g/mol. The van der Waals surface area contributed by atoms with E-state index in [1.807, 2.05) is 26.8 Å². The first-order valence-corrected chi connectivity index (χ1v) is 7.78. The molecule has 2 unspecified atom stereocenters. The van der Waals surface area contributed by atoms with Crippen molar-refractivity contribution in [1.29, 1.82) is 0 Å². The van der Waals surface area contributed by atoms with Gasteiger partial charge in [0.15, 0.2) is 0 Å². The van der Waals surface area contributed by atoms with E-state index in [1.165, 1.54) is 0 Å². The maximum Gasteiger partial charge on any atom is 0.228 e. The first-order chi connectivity index (χ1) is 8.95. The SMILES string of the molecule is Cc1cc(OC(C)C)nc(N2CCC(Br)C(C)C2)n1. The van der Waals surface area contributed by atoms with Gasteiger partial charge in [0.2, 0.25) is 11.8 Å². The topological polar surface area (TPSA) is 38.2 Å². The molecule has 1 saturated heterocycles. The lowest BCUT2D eigenvalue weighted by atomic mass is 10.0. The summed E-state index contributed by atoms with van der Waals surface area (Å²) in [6.45, 7) is 10.2. The third-order valence-electron chi connectivity index (χ3n) is 3.26. The van der Waals surface area contributed by atoms with Crippen molar-refractivity contribution in [3.05, 3.63) is 11.8 Å². The molecular formula is C14H22BrN3O. The molecule has 2 rings (SSSR count). The molecule has 1 fully saturated rings. The van der Waals surface area contributed by atoms with Crippen LogP contribution in [0.2, 0.25) is 0 Å². The second-order valence-electron chi connectivity index (χ2n) is 5.54. The molecule has 2 heterocycles. The van der Waals surface area contributed by atoms with Crippen LogP contribution in [0.15, 0.2) is 6.07 Å². The van der Waals surface area contributed by atoms with Gasteiger partial charge in [-0.25, -0.2) is 4.98 Å². The van der Waals surface area contributed by atoms with Gasteiger partial charge in [0.05, 0.1) is 6.10 Å². The number of rotatable bonds is 3. The maximum atomic E-state index is 5.69. The summed E-state index contributed by atoms with van der Waals surface area (Å²) in [4.78, 5) is 11.9. The van der Waals surface area contributed by atoms with Crippen LogP contribution < -0.4 is 9.64 Å². The average molecular weight is 328 g/mol. The standard InChI is InChI=1S/C14H22BrN3O/c1-9(2)19-13-7-11(4)16-14(17-13)18-6-5-12(15)10(3)8-18/h7,9-10,12H,5-6,8H2,1-4H3. The van der Waals surface area contributed by atoms with Crippen molar-refractivity contribution in [2.24, 2.45) is 5.92 Å². The van der Waals surface area contributed by atoms with Gasteiger partial charge in [-0.05, 0) is 33.1 Å². The van der Waals surface area contributed by atoms with E-state index in [4.69, 9.17) is 4.74 Å². The van der Waals surface area contributed by atoms with Gasteiger partial charge < -0.3 is 9.64 Å². The number of aryl methyl sites for hydroxylation is 1. The largest absolute Gasteiger partial charge is 0.475 e. The quantitative estimate of drug-likeness (QED) is 0.799. The summed E-state index contributed by atoms with van der Waals surface area (Å²) in [6, 6.07) is 1.89. The minimum absolute atomic E-state index is 0.134. The normalized spacial score (nSPS) is 23.8. The molecule has 0 spiro atoms. The van der Waals surface area contributed by atoms with Crippen molar-refractivity contribution in [3.8, 4) is 5.88 Å². The molecule has 0 aliphatic carbocycles. The fourth-order valence-electron chi connectivity index (χ4n) is 2.27. The van der Waals surface area contributed by atoms with E-state index in [9.17, 15) is 0 Å². The fourth-order valence-corrected chi connectivity index (χ4v) is 2.64. The van der Waals surface area contributed by atoms with Crippen LogP contribution in [0, 0.1) is 12.8 Å². The molecule has 0 aromatic carbocycles. The molecule has 1 aromatic heterocycles. The predicted molar refractivity (Wildman–Crippen MR) is 81.2 cm³/mol. The number of nitrogens with zero attached hydrogens (tertiary/aromatic N) is 3. The van der Waals surface area contributed by atoms with Crippen LogP contribution in [0.25, 0.3) is 0 Å². The van der Waals surface area contributed by atoms with E-state index in [-0.39, 0.29) is 6.10 Å². The number of hydrogen-bond donors (Lipinski definition) is 0.